The van der Waals surface area contributed by atoms with Crippen LogP contribution in [0, 0.1) is 19.8 Å². The molecule has 0 heterocycles. The lowest BCUT2D eigenvalue weighted by atomic mass is 10.0. The minimum Gasteiger partial charge on any atom is -0.481 e. The van der Waals surface area contributed by atoms with E-state index in [0.717, 1.165) is 11.1 Å². The molecule has 0 bridgehead atoms. The summed E-state index contributed by atoms with van der Waals surface area (Å²) in [6, 6.07) is 5.60. The van der Waals surface area contributed by atoms with Gasteiger partial charge in [-0.05, 0) is 31.9 Å². The van der Waals surface area contributed by atoms with Crippen molar-refractivity contribution >= 4 is 23.3 Å². The van der Waals surface area contributed by atoms with Gasteiger partial charge in [-0.15, -0.1) is 0 Å². The van der Waals surface area contributed by atoms with Crippen molar-refractivity contribution in [3.05, 3.63) is 29.3 Å². The van der Waals surface area contributed by atoms with Gasteiger partial charge in [0.25, 0.3) is 0 Å². The Morgan fingerprint density at radius 1 is 1.19 bits per heavy atom. The molecule has 0 aliphatic heterocycles. The molecule has 0 aliphatic carbocycles. The van der Waals surface area contributed by atoms with Gasteiger partial charge in [-0.25, -0.2) is 0 Å². The molecule has 1 N–H and O–H groups in total. The second-order valence-corrected chi connectivity index (χ2v) is 5.36. The summed E-state index contributed by atoms with van der Waals surface area (Å²) in [7, 11) is 0. The molecule has 5 heteroatoms. The molecule has 114 valence electrons. The number of carboxylic acid groups (broad SMARTS) is 1. The van der Waals surface area contributed by atoms with Crippen LogP contribution in [0.1, 0.15) is 31.4 Å². The standard InChI is InChI=1S/C16H21NO4/c1-10-6-5-7-11(2)15(10)17(9-12(3)16(20)21)14(19)8-13(4)18/h5-7,12H,8-9H2,1-4H3,(H,20,21). The maximum atomic E-state index is 12.3. The number of hydrogen-bond donors (Lipinski definition) is 1. The predicted octanol–water partition coefficient (Wildman–Crippen LogP) is 2.34. The number of amides is 1. The van der Waals surface area contributed by atoms with E-state index in [-0.39, 0.29) is 24.7 Å². The van der Waals surface area contributed by atoms with Crippen molar-refractivity contribution in [2.75, 3.05) is 11.4 Å². The van der Waals surface area contributed by atoms with E-state index in [2.05, 4.69) is 0 Å². The summed E-state index contributed by atoms with van der Waals surface area (Å²) in [5.41, 5.74) is 2.45. The third kappa shape index (κ3) is 4.41. The molecule has 1 amide bonds. The summed E-state index contributed by atoms with van der Waals surface area (Å²) >= 11 is 0. The van der Waals surface area contributed by atoms with Gasteiger partial charge in [0.1, 0.15) is 5.78 Å². The lowest BCUT2D eigenvalue weighted by Gasteiger charge is -2.27. The smallest absolute Gasteiger partial charge is 0.308 e. The Morgan fingerprint density at radius 2 is 1.71 bits per heavy atom. The number of carboxylic acids is 1. The molecule has 1 rings (SSSR count). The molecule has 0 saturated carbocycles. The highest BCUT2D eigenvalue weighted by Gasteiger charge is 2.25. The van der Waals surface area contributed by atoms with Gasteiger partial charge in [0.15, 0.2) is 0 Å². The first-order chi connectivity index (χ1) is 9.73. The Hall–Kier alpha value is -2.17. The number of hydrogen-bond acceptors (Lipinski definition) is 3. The van der Waals surface area contributed by atoms with Crippen LogP contribution in [-0.2, 0) is 14.4 Å². The lowest BCUT2D eigenvalue weighted by Crippen LogP contribution is -2.38. The van der Waals surface area contributed by atoms with E-state index in [0.29, 0.717) is 5.69 Å². The van der Waals surface area contributed by atoms with Crippen LogP contribution < -0.4 is 4.90 Å². The highest BCUT2D eigenvalue weighted by Crippen LogP contribution is 2.26. The van der Waals surface area contributed by atoms with Gasteiger partial charge in [0, 0.05) is 12.2 Å². The Morgan fingerprint density at radius 3 is 2.14 bits per heavy atom. The maximum Gasteiger partial charge on any atom is 0.308 e. The van der Waals surface area contributed by atoms with Gasteiger partial charge in [-0.2, -0.15) is 0 Å². The summed E-state index contributed by atoms with van der Waals surface area (Å²) in [6.45, 7) is 6.67. The Bertz CT molecular complexity index is 545. The normalized spacial score (nSPS) is 11.8. The van der Waals surface area contributed by atoms with Crippen LogP contribution in [0.5, 0.6) is 0 Å². The maximum absolute atomic E-state index is 12.3. The van der Waals surface area contributed by atoms with Crippen molar-refractivity contribution in [1.82, 2.24) is 0 Å². The van der Waals surface area contributed by atoms with Crippen molar-refractivity contribution in [2.24, 2.45) is 5.92 Å². The van der Waals surface area contributed by atoms with Gasteiger partial charge < -0.3 is 10.0 Å². The number of ketones is 1. The average Bonchev–Trinajstić information content (AvgIpc) is 2.35. The predicted molar refractivity (Wildman–Crippen MR) is 80.4 cm³/mol. The highest BCUT2D eigenvalue weighted by molar-refractivity contribution is 6.05. The van der Waals surface area contributed by atoms with E-state index in [9.17, 15) is 14.4 Å². The summed E-state index contributed by atoms with van der Waals surface area (Å²) in [5.74, 6) is -2.28. The number of carbonyl (C=O) groups is 3. The van der Waals surface area contributed by atoms with E-state index < -0.39 is 11.9 Å². The molecular formula is C16H21NO4. The number of rotatable bonds is 6. The number of nitrogens with zero attached hydrogens (tertiary/aromatic N) is 1. The Labute approximate surface area is 124 Å². The molecule has 0 saturated heterocycles. The van der Waals surface area contributed by atoms with Gasteiger partial charge in [0.05, 0.1) is 12.3 Å². The van der Waals surface area contributed by atoms with Crippen LogP contribution >= 0.6 is 0 Å². The quantitative estimate of drug-likeness (QED) is 0.816. The van der Waals surface area contributed by atoms with Crippen LogP contribution in [0.25, 0.3) is 0 Å². The second kappa shape index (κ2) is 7.02. The number of aryl methyl sites for hydroxylation is 2. The topological polar surface area (TPSA) is 74.7 Å². The van der Waals surface area contributed by atoms with Crippen molar-refractivity contribution in [3.8, 4) is 0 Å². The zero-order chi connectivity index (χ0) is 16.2. The lowest BCUT2D eigenvalue weighted by molar-refractivity contribution is -0.140. The number of para-hydroxylation sites is 1. The monoisotopic (exact) mass is 291 g/mol. The zero-order valence-corrected chi connectivity index (χ0v) is 12.8. The van der Waals surface area contributed by atoms with Crippen LogP contribution in [0.3, 0.4) is 0 Å². The molecule has 21 heavy (non-hydrogen) atoms. The number of Topliss-reactive ketones (excluding diaryl/α,β-unsaturated/α-hetero) is 1. The van der Waals surface area contributed by atoms with E-state index in [1.54, 1.807) is 6.92 Å². The van der Waals surface area contributed by atoms with Gasteiger partial charge in [-0.1, -0.05) is 25.1 Å². The molecule has 0 fully saturated rings. The Kier molecular flexibility index (Phi) is 5.64. The minimum atomic E-state index is -0.970. The first-order valence-corrected chi connectivity index (χ1v) is 6.82. The molecule has 0 aromatic heterocycles. The zero-order valence-electron chi connectivity index (χ0n) is 12.8. The summed E-state index contributed by atoms with van der Waals surface area (Å²) in [6.07, 6.45) is -0.222. The van der Waals surface area contributed by atoms with E-state index >= 15 is 0 Å². The van der Waals surface area contributed by atoms with E-state index in [1.165, 1.54) is 11.8 Å². The average molecular weight is 291 g/mol. The second-order valence-electron chi connectivity index (χ2n) is 5.36. The molecule has 5 nitrogen and oxygen atoms in total. The molecule has 0 aliphatic rings. The largest absolute Gasteiger partial charge is 0.481 e. The first-order valence-electron chi connectivity index (χ1n) is 6.82. The van der Waals surface area contributed by atoms with Crippen LogP contribution in [0.4, 0.5) is 5.69 Å². The first kappa shape index (κ1) is 16.9. The highest BCUT2D eigenvalue weighted by atomic mass is 16.4. The summed E-state index contributed by atoms with van der Waals surface area (Å²) in [5, 5.41) is 9.08. The number of anilines is 1. The fourth-order valence-corrected chi connectivity index (χ4v) is 2.21. The van der Waals surface area contributed by atoms with Crippen molar-refractivity contribution in [3.63, 3.8) is 0 Å². The minimum absolute atomic E-state index is 0.0487. The Balaban J connectivity index is 3.21. The SMILES string of the molecule is CC(=O)CC(=O)N(CC(C)C(=O)O)c1c(C)cccc1C. The molecule has 1 atom stereocenters. The summed E-state index contributed by atoms with van der Waals surface area (Å²) in [4.78, 5) is 36.0. The van der Waals surface area contributed by atoms with Gasteiger partial charge in [0.2, 0.25) is 5.91 Å². The molecular weight excluding hydrogens is 270 g/mol. The molecule has 0 radical (unpaired) electrons. The van der Waals surface area contributed by atoms with Gasteiger partial charge >= 0.3 is 5.97 Å². The van der Waals surface area contributed by atoms with Gasteiger partial charge in [-0.3, -0.25) is 14.4 Å². The van der Waals surface area contributed by atoms with Crippen LogP contribution in [-0.4, -0.2) is 29.3 Å². The number of carbonyl (C=O) groups excluding carboxylic acids is 2. The third-order valence-corrected chi connectivity index (χ3v) is 3.29. The van der Waals surface area contributed by atoms with Crippen molar-refractivity contribution < 1.29 is 19.5 Å². The molecule has 1 aromatic carbocycles. The van der Waals surface area contributed by atoms with E-state index in [1.807, 2.05) is 32.0 Å². The molecule has 1 aromatic rings. The molecule has 1 unspecified atom stereocenters. The van der Waals surface area contributed by atoms with Crippen molar-refractivity contribution in [2.45, 2.75) is 34.1 Å². The summed E-state index contributed by atoms with van der Waals surface area (Å²) < 4.78 is 0. The van der Waals surface area contributed by atoms with Crippen LogP contribution in [0.2, 0.25) is 0 Å². The van der Waals surface area contributed by atoms with Crippen molar-refractivity contribution in [1.29, 1.82) is 0 Å². The fourth-order valence-electron chi connectivity index (χ4n) is 2.21. The van der Waals surface area contributed by atoms with Crippen LogP contribution in [0.15, 0.2) is 18.2 Å². The number of aliphatic carboxylic acids is 1. The van der Waals surface area contributed by atoms with E-state index in [4.69, 9.17) is 5.11 Å². The fraction of sp³-hybridized carbons (Fsp3) is 0.438. The number of benzene rings is 1. The third-order valence-electron chi connectivity index (χ3n) is 3.29. The molecule has 0 spiro atoms.